The first-order valence-corrected chi connectivity index (χ1v) is 9.52. The summed E-state index contributed by atoms with van der Waals surface area (Å²) in [5.74, 6) is 0.733. The van der Waals surface area contributed by atoms with E-state index in [2.05, 4.69) is 10.1 Å². The molecule has 0 unspecified atom stereocenters. The summed E-state index contributed by atoms with van der Waals surface area (Å²) in [7, 11) is 1.62. The van der Waals surface area contributed by atoms with Crippen molar-refractivity contribution < 1.29 is 4.74 Å². The van der Waals surface area contributed by atoms with Gasteiger partial charge >= 0.3 is 0 Å². The van der Waals surface area contributed by atoms with Gasteiger partial charge in [0.1, 0.15) is 11.4 Å². The summed E-state index contributed by atoms with van der Waals surface area (Å²) in [5, 5.41) is 6.11. The fraction of sp³-hybridized carbons (Fsp3) is 0.150. The average Bonchev–Trinajstić information content (AvgIpc) is 3.06. The third-order valence-electron chi connectivity index (χ3n) is 4.17. The van der Waals surface area contributed by atoms with E-state index in [9.17, 15) is 4.79 Å². The lowest BCUT2D eigenvalue weighted by atomic mass is 10.1. The molecule has 2 heterocycles. The quantitative estimate of drug-likeness (QED) is 0.507. The normalized spacial score (nSPS) is 11.1. The fourth-order valence-corrected chi connectivity index (χ4v) is 4.07. The number of fused-ring (bicyclic) bond motifs is 1. The van der Waals surface area contributed by atoms with Crippen LogP contribution in [0.2, 0.25) is 5.02 Å². The molecule has 0 spiro atoms. The molecule has 0 amide bonds. The summed E-state index contributed by atoms with van der Waals surface area (Å²) in [6.07, 6.45) is 0. The molecule has 27 heavy (non-hydrogen) atoms. The van der Waals surface area contributed by atoms with E-state index < -0.39 is 0 Å². The standard InChI is InChI=1S/C20H16ClN3O2S/c1-12-22-18-19(27-12)17(14-6-4-8-16(10-14)26-2)23-24(20(18)25)11-13-5-3-7-15(21)9-13/h3-10H,11H2,1-2H3. The van der Waals surface area contributed by atoms with Gasteiger partial charge in [-0.15, -0.1) is 11.3 Å². The van der Waals surface area contributed by atoms with Gasteiger partial charge in [-0.2, -0.15) is 5.10 Å². The Labute approximate surface area is 164 Å². The number of hydrogen-bond acceptors (Lipinski definition) is 5. The number of benzene rings is 2. The number of rotatable bonds is 4. The second-order valence-electron chi connectivity index (χ2n) is 6.08. The Morgan fingerprint density at radius 3 is 2.78 bits per heavy atom. The second kappa shape index (κ2) is 7.13. The van der Waals surface area contributed by atoms with Crippen molar-refractivity contribution in [2.75, 3.05) is 7.11 Å². The van der Waals surface area contributed by atoms with Gasteiger partial charge in [0.2, 0.25) is 0 Å². The highest BCUT2D eigenvalue weighted by molar-refractivity contribution is 7.19. The largest absolute Gasteiger partial charge is 0.497 e. The highest BCUT2D eigenvalue weighted by atomic mass is 35.5. The Balaban J connectivity index is 1.92. The Morgan fingerprint density at radius 1 is 1.19 bits per heavy atom. The van der Waals surface area contributed by atoms with Crippen molar-refractivity contribution in [3.63, 3.8) is 0 Å². The monoisotopic (exact) mass is 397 g/mol. The number of nitrogens with zero attached hydrogens (tertiary/aromatic N) is 3. The van der Waals surface area contributed by atoms with Crippen LogP contribution < -0.4 is 10.3 Å². The summed E-state index contributed by atoms with van der Waals surface area (Å²) < 4.78 is 7.56. The third kappa shape index (κ3) is 3.46. The first-order chi connectivity index (χ1) is 13.0. The maximum Gasteiger partial charge on any atom is 0.294 e. The van der Waals surface area contributed by atoms with E-state index in [4.69, 9.17) is 16.3 Å². The second-order valence-corrected chi connectivity index (χ2v) is 7.72. The van der Waals surface area contributed by atoms with E-state index in [-0.39, 0.29) is 5.56 Å². The topological polar surface area (TPSA) is 57.0 Å². The average molecular weight is 398 g/mol. The Morgan fingerprint density at radius 2 is 2.00 bits per heavy atom. The van der Waals surface area contributed by atoms with E-state index in [0.717, 1.165) is 32.3 Å². The number of aromatic nitrogens is 3. The van der Waals surface area contributed by atoms with Crippen LogP contribution in [-0.2, 0) is 6.54 Å². The van der Waals surface area contributed by atoms with Gasteiger partial charge in [-0.25, -0.2) is 9.67 Å². The van der Waals surface area contributed by atoms with Gasteiger partial charge in [-0.1, -0.05) is 35.9 Å². The molecular formula is C20H16ClN3O2S. The van der Waals surface area contributed by atoms with Gasteiger partial charge in [-0.05, 0) is 36.8 Å². The van der Waals surface area contributed by atoms with Crippen molar-refractivity contribution in [3.8, 4) is 17.0 Å². The SMILES string of the molecule is COc1cccc(-c2nn(Cc3cccc(Cl)c3)c(=O)c3nc(C)sc23)c1. The van der Waals surface area contributed by atoms with Crippen molar-refractivity contribution >= 4 is 33.2 Å². The lowest BCUT2D eigenvalue weighted by Crippen LogP contribution is -2.24. The molecule has 0 atom stereocenters. The minimum Gasteiger partial charge on any atom is -0.497 e. The van der Waals surface area contributed by atoms with Gasteiger partial charge in [-0.3, -0.25) is 4.79 Å². The molecule has 0 radical (unpaired) electrons. The van der Waals surface area contributed by atoms with Gasteiger partial charge in [0.15, 0.2) is 5.52 Å². The molecule has 0 bridgehead atoms. The molecular weight excluding hydrogens is 382 g/mol. The maximum absolute atomic E-state index is 12.9. The molecule has 4 aromatic rings. The van der Waals surface area contributed by atoms with Crippen LogP contribution in [0.5, 0.6) is 5.75 Å². The molecule has 0 saturated carbocycles. The number of halogens is 1. The molecule has 0 fully saturated rings. The summed E-state index contributed by atoms with van der Waals surface area (Å²) in [6, 6.07) is 15.0. The molecule has 4 rings (SSSR count). The summed E-state index contributed by atoms with van der Waals surface area (Å²) in [6.45, 7) is 2.21. The van der Waals surface area contributed by atoms with Gasteiger partial charge < -0.3 is 4.74 Å². The van der Waals surface area contributed by atoms with Crippen molar-refractivity contribution in [3.05, 3.63) is 74.5 Å². The number of ether oxygens (including phenoxy) is 1. The van der Waals surface area contributed by atoms with Crippen molar-refractivity contribution in [2.45, 2.75) is 13.5 Å². The predicted octanol–water partition coefficient (Wildman–Crippen LogP) is 4.54. The highest BCUT2D eigenvalue weighted by Gasteiger charge is 2.17. The molecule has 0 aliphatic heterocycles. The van der Waals surface area contributed by atoms with Gasteiger partial charge in [0, 0.05) is 10.6 Å². The van der Waals surface area contributed by atoms with Crippen LogP contribution in [0.4, 0.5) is 0 Å². The molecule has 0 saturated heterocycles. The Bertz CT molecular complexity index is 1200. The minimum absolute atomic E-state index is 0.207. The summed E-state index contributed by atoms with van der Waals surface area (Å²) in [5.41, 5.74) is 2.73. The zero-order chi connectivity index (χ0) is 19.0. The Hall–Kier alpha value is -2.70. The van der Waals surface area contributed by atoms with Crippen LogP contribution in [0.1, 0.15) is 10.6 Å². The predicted molar refractivity (Wildman–Crippen MR) is 109 cm³/mol. The van der Waals surface area contributed by atoms with Crippen LogP contribution in [0.15, 0.2) is 53.3 Å². The van der Waals surface area contributed by atoms with Crippen molar-refractivity contribution in [1.82, 2.24) is 14.8 Å². The van der Waals surface area contributed by atoms with Gasteiger partial charge in [0.05, 0.1) is 23.4 Å². The number of methoxy groups -OCH3 is 1. The zero-order valence-electron chi connectivity index (χ0n) is 14.8. The van der Waals surface area contributed by atoms with Crippen LogP contribution in [0.25, 0.3) is 21.5 Å². The lowest BCUT2D eigenvalue weighted by molar-refractivity contribution is 0.415. The fourth-order valence-electron chi connectivity index (χ4n) is 2.94. The first kappa shape index (κ1) is 17.7. The smallest absolute Gasteiger partial charge is 0.294 e. The third-order valence-corrected chi connectivity index (χ3v) is 5.38. The summed E-state index contributed by atoms with van der Waals surface area (Å²) in [4.78, 5) is 17.4. The minimum atomic E-state index is -0.207. The molecule has 5 nitrogen and oxygen atoms in total. The molecule has 136 valence electrons. The van der Waals surface area contributed by atoms with E-state index in [1.54, 1.807) is 13.2 Å². The molecule has 0 aliphatic carbocycles. The first-order valence-electron chi connectivity index (χ1n) is 8.32. The van der Waals surface area contributed by atoms with Crippen molar-refractivity contribution in [2.24, 2.45) is 0 Å². The van der Waals surface area contributed by atoms with Crippen molar-refractivity contribution in [1.29, 1.82) is 0 Å². The molecule has 7 heteroatoms. The van der Waals surface area contributed by atoms with E-state index in [1.807, 2.05) is 49.4 Å². The van der Waals surface area contributed by atoms with Gasteiger partial charge in [0.25, 0.3) is 5.56 Å². The van der Waals surface area contributed by atoms with E-state index in [1.165, 1.54) is 16.0 Å². The number of hydrogen-bond donors (Lipinski definition) is 0. The number of thiazole rings is 1. The molecule has 0 aliphatic rings. The van der Waals surface area contributed by atoms with Crippen LogP contribution in [0.3, 0.4) is 0 Å². The molecule has 0 N–H and O–H groups in total. The van der Waals surface area contributed by atoms with Crippen LogP contribution in [-0.4, -0.2) is 21.9 Å². The van der Waals surface area contributed by atoms with Crippen LogP contribution >= 0.6 is 22.9 Å². The highest BCUT2D eigenvalue weighted by Crippen LogP contribution is 2.31. The van der Waals surface area contributed by atoms with E-state index >= 15 is 0 Å². The Kier molecular flexibility index (Phi) is 4.68. The van der Waals surface area contributed by atoms with Crippen LogP contribution in [0, 0.1) is 6.92 Å². The lowest BCUT2D eigenvalue weighted by Gasteiger charge is -2.10. The maximum atomic E-state index is 12.9. The number of aryl methyl sites for hydroxylation is 1. The molecule has 2 aromatic heterocycles. The van der Waals surface area contributed by atoms with E-state index in [0.29, 0.717) is 17.1 Å². The summed E-state index contributed by atoms with van der Waals surface area (Å²) >= 11 is 7.55. The molecule has 2 aromatic carbocycles. The zero-order valence-corrected chi connectivity index (χ0v) is 16.3.